The van der Waals surface area contributed by atoms with Gasteiger partial charge in [0.1, 0.15) is 5.75 Å². The van der Waals surface area contributed by atoms with Gasteiger partial charge in [0, 0.05) is 19.5 Å². The Hall–Kier alpha value is -2.82. The molecule has 0 radical (unpaired) electrons. The lowest BCUT2D eigenvalue weighted by molar-refractivity contribution is -0.126. The first-order chi connectivity index (χ1) is 13.1. The summed E-state index contributed by atoms with van der Waals surface area (Å²) in [6.07, 6.45) is 0.228. The Morgan fingerprint density at radius 2 is 1.89 bits per heavy atom. The number of hydrogen-bond donors (Lipinski definition) is 1. The van der Waals surface area contributed by atoms with Crippen LogP contribution in [0, 0.1) is 5.92 Å². The molecule has 142 valence electrons. The highest BCUT2D eigenvalue weighted by Crippen LogP contribution is 2.33. The first-order valence-corrected chi connectivity index (χ1v) is 9.45. The van der Waals surface area contributed by atoms with Crippen LogP contribution in [0.3, 0.4) is 0 Å². The van der Waals surface area contributed by atoms with E-state index in [1.54, 1.807) is 4.90 Å². The van der Waals surface area contributed by atoms with Crippen molar-refractivity contribution in [3.8, 4) is 5.75 Å². The van der Waals surface area contributed by atoms with E-state index in [0.717, 1.165) is 5.69 Å². The summed E-state index contributed by atoms with van der Waals surface area (Å²) in [6.45, 7) is 5.46. The van der Waals surface area contributed by atoms with Crippen molar-refractivity contribution >= 4 is 17.5 Å². The molecule has 1 fully saturated rings. The molecule has 3 rings (SSSR count). The quantitative estimate of drug-likeness (QED) is 0.817. The third-order valence-electron chi connectivity index (χ3n) is 4.90. The number of amides is 2. The summed E-state index contributed by atoms with van der Waals surface area (Å²) in [5, 5.41) is 3.01. The van der Waals surface area contributed by atoms with Gasteiger partial charge in [-0.25, -0.2) is 0 Å². The second-order valence-electron chi connectivity index (χ2n) is 6.86. The maximum Gasteiger partial charge on any atom is 0.227 e. The Labute approximate surface area is 160 Å². The minimum absolute atomic E-state index is 0.0431. The Morgan fingerprint density at radius 3 is 2.63 bits per heavy atom. The van der Waals surface area contributed by atoms with E-state index in [1.165, 1.54) is 5.56 Å². The highest BCUT2D eigenvalue weighted by Gasteiger charge is 2.36. The number of benzene rings is 2. The molecule has 2 aromatic carbocycles. The molecule has 2 aromatic rings. The number of anilines is 1. The normalized spacial score (nSPS) is 17.6. The third-order valence-corrected chi connectivity index (χ3v) is 4.90. The van der Waals surface area contributed by atoms with Crippen molar-refractivity contribution in [3.05, 3.63) is 60.2 Å². The fraction of sp³-hybridized carbons (Fsp3) is 0.364. The van der Waals surface area contributed by atoms with Gasteiger partial charge in [-0.3, -0.25) is 9.59 Å². The number of rotatable bonds is 7. The molecule has 0 saturated carbocycles. The van der Waals surface area contributed by atoms with Crippen molar-refractivity contribution in [1.29, 1.82) is 0 Å². The Balaban J connectivity index is 1.61. The van der Waals surface area contributed by atoms with Gasteiger partial charge in [0.05, 0.1) is 18.2 Å². The standard InChI is InChI=1S/C22H26N2O3/c1-3-27-20-12-8-7-11-19(20)24-15-18(13-21(24)25)22(26)23-14-16(2)17-9-5-4-6-10-17/h4-12,16,18H,3,13-15H2,1-2H3,(H,23,26). The van der Waals surface area contributed by atoms with Gasteiger partial charge in [0.25, 0.3) is 0 Å². The molecule has 2 amide bonds. The van der Waals surface area contributed by atoms with Gasteiger partial charge in [-0.1, -0.05) is 49.4 Å². The molecular formula is C22H26N2O3. The predicted octanol–water partition coefficient (Wildman–Crippen LogP) is 3.36. The van der Waals surface area contributed by atoms with Crippen molar-refractivity contribution in [2.75, 3.05) is 24.6 Å². The van der Waals surface area contributed by atoms with Crippen LogP contribution in [-0.4, -0.2) is 31.5 Å². The fourth-order valence-corrected chi connectivity index (χ4v) is 3.37. The van der Waals surface area contributed by atoms with E-state index in [-0.39, 0.29) is 30.1 Å². The van der Waals surface area contributed by atoms with Crippen LogP contribution in [0.5, 0.6) is 5.75 Å². The Kier molecular flexibility index (Phi) is 6.12. The van der Waals surface area contributed by atoms with Crippen molar-refractivity contribution < 1.29 is 14.3 Å². The van der Waals surface area contributed by atoms with Crippen LogP contribution in [0.2, 0.25) is 0 Å². The maximum absolute atomic E-state index is 12.6. The first-order valence-electron chi connectivity index (χ1n) is 9.45. The minimum Gasteiger partial charge on any atom is -0.492 e. The summed E-state index contributed by atoms with van der Waals surface area (Å²) >= 11 is 0. The smallest absolute Gasteiger partial charge is 0.227 e. The molecule has 5 heteroatoms. The molecule has 0 bridgehead atoms. The first kappa shape index (κ1) is 19.0. The second-order valence-corrected chi connectivity index (χ2v) is 6.86. The Bertz CT molecular complexity index is 791. The van der Waals surface area contributed by atoms with Crippen LogP contribution in [0.25, 0.3) is 0 Å². The molecule has 0 aromatic heterocycles. The van der Waals surface area contributed by atoms with Crippen LogP contribution in [0.15, 0.2) is 54.6 Å². The number of para-hydroxylation sites is 2. The van der Waals surface area contributed by atoms with Crippen LogP contribution in [0.1, 0.15) is 31.7 Å². The van der Waals surface area contributed by atoms with Crippen LogP contribution >= 0.6 is 0 Å². The monoisotopic (exact) mass is 366 g/mol. The summed E-state index contributed by atoms with van der Waals surface area (Å²) in [5.41, 5.74) is 1.92. The van der Waals surface area contributed by atoms with E-state index in [2.05, 4.69) is 24.4 Å². The third kappa shape index (κ3) is 4.48. The zero-order valence-electron chi connectivity index (χ0n) is 15.9. The predicted molar refractivity (Wildman–Crippen MR) is 106 cm³/mol. The second kappa shape index (κ2) is 8.71. The summed E-state index contributed by atoms with van der Waals surface area (Å²) < 4.78 is 5.63. The Morgan fingerprint density at radius 1 is 1.19 bits per heavy atom. The molecule has 1 N–H and O–H groups in total. The number of ether oxygens (including phenoxy) is 1. The number of nitrogens with one attached hydrogen (secondary N) is 1. The molecule has 5 nitrogen and oxygen atoms in total. The number of nitrogens with zero attached hydrogens (tertiary/aromatic N) is 1. The van der Waals surface area contributed by atoms with Crippen molar-refractivity contribution in [1.82, 2.24) is 5.32 Å². The lowest BCUT2D eigenvalue weighted by atomic mass is 10.0. The summed E-state index contributed by atoms with van der Waals surface area (Å²) in [5.74, 6) is 0.449. The average Bonchev–Trinajstić information content (AvgIpc) is 3.09. The molecule has 1 aliphatic heterocycles. The van der Waals surface area contributed by atoms with E-state index in [9.17, 15) is 9.59 Å². The molecule has 27 heavy (non-hydrogen) atoms. The van der Waals surface area contributed by atoms with E-state index in [1.807, 2.05) is 49.4 Å². The fourth-order valence-electron chi connectivity index (χ4n) is 3.37. The number of carbonyl (C=O) groups is 2. The van der Waals surface area contributed by atoms with Gasteiger partial charge in [0.2, 0.25) is 11.8 Å². The maximum atomic E-state index is 12.6. The van der Waals surface area contributed by atoms with Crippen molar-refractivity contribution in [3.63, 3.8) is 0 Å². The minimum atomic E-state index is -0.338. The average molecular weight is 366 g/mol. The van der Waals surface area contributed by atoms with Crippen molar-refractivity contribution in [2.45, 2.75) is 26.2 Å². The largest absolute Gasteiger partial charge is 0.492 e. The number of carbonyl (C=O) groups excluding carboxylic acids is 2. The zero-order chi connectivity index (χ0) is 19.2. The van der Waals surface area contributed by atoms with Gasteiger partial charge in [-0.2, -0.15) is 0 Å². The van der Waals surface area contributed by atoms with Crippen molar-refractivity contribution in [2.24, 2.45) is 5.92 Å². The highest BCUT2D eigenvalue weighted by molar-refractivity contribution is 6.01. The van der Waals surface area contributed by atoms with Gasteiger partial charge in [0.15, 0.2) is 0 Å². The van der Waals surface area contributed by atoms with Gasteiger partial charge in [-0.15, -0.1) is 0 Å². The van der Waals surface area contributed by atoms with E-state index < -0.39 is 0 Å². The molecule has 2 unspecified atom stereocenters. The van der Waals surface area contributed by atoms with E-state index >= 15 is 0 Å². The summed E-state index contributed by atoms with van der Waals surface area (Å²) in [4.78, 5) is 26.8. The molecule has 0 aliphatic carbocycles. The summed E-state index contributed by atoms with van der Waals surface area (Å²) in [7, 11) is 0. The molecule has 1 heterocycles. The zero-order valence-corrected chi connectivity index (χ0v) is 15.9. The van der Waals surface area contributed by atoms with Gasteiger partial charge < -0.3 is 15.0 Å². The topological polar surface area (TPSA) is 58.6 Å². The van der Waals surface area contributed by atoms with E-state index in [0.29, 0.717) is 25.4 Å². The van der Waals surface area contributed by atoms with Gasteiger partial charge >= 0.3 is 0 Å². The molecule has 2 atom stereocenters. The highest BCUT2D eigenvalue weighted by atomic mass is 16.5. The lowest BCUT2D eigenvalue weighted by Crippen LogP contribution is -2.35. The summed E-state index contributed by atoms with van der Waals surface area (Å²) in [6, 6.07) is 17.6. The van der Waals surface area contributed by atoms with Crippen LogP contribution in [-0.2, 0) is 9.59 Å². The van der Waals surface area contributed by atoms with Crippen LogP contribution < -0.4 is 15.0 Å². The molecule has 0 spiro atoms. The number of hydrogen-bond acceptors (Lipinski definition) is 3. The SMILES string of the molecule is CCOc1ccccc1N1CC(C(=O)NCC(C)c2ccccc2)CC1=O. The van der Waals surface area contributed by atoms with Gasteiger partial charge in [-0.05, 0) is 30.5 Å². The molecule has 1 aliphatic rings. The lowest BCUT2D eigenvalue weighted by Gasteiger charge is -2.20. The molecule has 1 saturated heterocycles. The van der Waals surface area contributed by atoms with Crippen LogP contribution in [0.4, 0.5) is 5.69 Å². The molecular weight excluding hydrogens is 340 g/mol. The van der Waals surface area contributed by atoms with E-state index in [4.69, 9.17) is 4.74 Å².